The van der Waals surface area contributed by atoms with E-state index in [-0.39, 0.29) is 0 Å². The first-order valence-electron chi connectivity index (χ1n) is 17.9. The standard InChI is InChI=1S/C50H31OP/c51-52(36-18-6-2-7-19-36,37-20-8-3-9-21-37)38-28-26-32(27-29-38)35-30-43-39-22-10-11-23-40(39)48-47(43)44(31-35)46(34-14-4-1-5-15-34)49-41-24-12-16-33-17-13-25-42(45(33)41)50(48)49/h1-31H. The molecule has 0 aliphatic rings. The predicted octanol–water partition coefficient (Wildman–Crippen LogP) is 12.5. The Morgan fingerprint density at radius 2 is 0.788 bits per heavy atom. The molecule has 242 valence electrons. The second-order valence-electron chi connectivity index (χ2n) is 13.9. The molecular weight excluding hydrogens is 648 g/mol. The smallest absolute Gasteiger partial charge is 0.171 e. The summed E-state index contributed by atoms with van der Waals surface area (Å²) in [6.45, 7) is 0. The Kier molecular flexibility index (Phi) is 6.30. The zero-order valence-corrected chi connectivity index (χ0v) is 29.1. The Hall–Kier alpha value is -6.27. The van der Waals surface area contributed by atoms with Crippen LogP contribution in [-0.2, 0) is 4.57 Å². The lowest BCUT2D eigenvalue weighted by Crippen LogP contribution is -2.24. The average Bonchev–Trinajstić information content (AvgIpc) is 3.73. The van der Waals surface area contributed by atoms with Crippen molar-refractivity contribution in [1.29, 1.82) is 0 Å². The van der Waals surface area contributed by atoms with Crippen LogP contribution >= 0.6 is 7.14 Å². The van der Waals surface area contributed by atoms with Gasteiger partial charge in [-0.2, -0.15) is 0 Å². The maximum atomic E-state index is 15.2. The summed E-state index contributed by atoms with van der Waals surface area (Å²) >= 11 is 0. The minimum absolute atomic E-state index is 0.834. The molecule has 2 heteroatoms. The van der Waals surface area contributed by atoms with E-state index in [1.807, 2.05) is 60.7 Å². The van der Waals surface area contributed by atoms with Crippen molar-refractivity contribution in [1.82, 2.24) is 0 Å². The van der Waals surface area contributed by atoms with Crippen LogP contribution in [0.25, 0.3) is 86.9 Å². The zero-order valence-electron chi connectivity index (χ0n) is 28.3. The zero-order chi connectivity index (χ0) is 34.4. The number of rotatable bonds is 5. The van der Waals surface area contributed by atoms with E-state index in [2.05, 4.69) is 127 Å². The molecule has 11 aromatic rings. The fourth-order valence-corrected chi connectivity index (χ4v) is 11.6. The van der Waals surface area contributed by atoms with Crippen molar-refractivity contribution < 1.29 is 4.57 Å². The SMILES string of the molecule is O=P(c1ccccc1)(c1ccccc1)c1ccc(-c2cc3c(-c4ccccc4)c4c5cccc6cccc(c65)c4c4c5ccccc5c(c2)c34)cc1. The molecule has 0 unspecified atom stereocenters. The third-order valence-corrected chi connectivity index (χ3v) is 14.3. The molecule has 0 aromatic heterocycles. The molecule has 0 aliphatic carbocycles. The number of fused-ring (bicyclic) bond motifs is 7. The van der Waals surface area contributed by atoms with Gasteiger partial charge in [0.25, 0.3) is 0 Å². The van der Waals surface area contributed by atoms with Gasteiger partial charge >= 0.3 is 0 Å². The van der Waals surface area contributed by atoms with Crippen molar-refractivity contribution in [2.24, 2.45) is 0 Å². The highest BCUT2D eigenvalue weighted by molar-refractivity contribution is 7.85. The van der Waals surface area contributed by atoms with Gasteiger partial charge in [-0.1, -0.05) is 176 Å². The number of hydrogen-bond acceptors (Lipinski definition) is 1. The Labute approximate surface area is 301 Å². The molecule has 1 nitrogen and oxygen atoms in total. The van der Waals surface area contributed by atoms with Crippen LogP contribution in [0.4, 0.5) is 0 Å². The van der Waals surface area contributed by atoms with Crippen LogP contribution in [0.15, 0.2) is 188 Å². The van der Waals surface area contributed by atoms with Gasteiger partial charge in [0.05, 0.1) is 0 Å². The summed E-state index contributed by atoms with van der Waals surface area (Å²) in [5.74, 6) is 0. The van der Waals surface area contributed by atoms with E-state index in [9.17, 15) is 0 Å². The van der Waals surface area contributed by atoms with Crippen molar-refractivity contribution >= 4 is 87.7 Å². The molecule has 0 bridgehead atoms. The van der Waals surface area contributed by atoms with Gasteiger partial charge in [-0.15, -0.1) is 0 Å². The minimum atomic E-state index is -3.08. The summed E-state index contributed by atoms with van der Waals surface area (Å²) < 4.78 is 15.2. The minimum Gasteiger partial charge on any atom is -0.309 e. The van der Waals surface area contributed by atoms with E-state index in [1.54, 1.807) is 0 Å². The van der Waals surface area contributed by atoms with Crippen LogP contribution in [-0.4, -0.2) is 0 Å². The maximum absolute atomic E-state index is 15.2. The normalized spacial score (nSPS) is 12.3. The van der Waals surface area contributed by atoms with Crippen LogP contribution in [0, 0.1) is 0 Å². The summed E-state index contributed by atoms with van der Waals surface area (Å²) in [6.07, 6.45) is 0. The Bertz CT molecular complexity index is 3120. The largest absolute Gasteiger partial charge is 0.309 e. The molecule has 0 aliphatic heterocycles. The Morgan fingerprint density at radius 3 is 1.44 bits per heavy atom. The van der Waals surface area contributed by atoms with Gasteiger partial charge in [0, 0.05) is 15.9 Å². The van der Waals surface area contributed by atoms with Crippen LogP contribution in [0.3, 0.4) is 0 Å². The number of hydrogen-bond donors (Lipinski definition) is 0. The van der Waals surface area contributed by atoms with E-state index in [0.717, 1.165) is 27.0 Å². The summed E-state index contributed by atoms with van der Waals surface area (Å²) in [5, 5.41) is 18.2. The van der Waals surface area contributed by atoms with Gasteiger partial charge < -0.3 is 4.57 Å². The van der Waals surface area contributed by atoms with E-state index in [0.29, 0.717) is 0 Å². The first-order chi connectivity index (χ1) is 25.7. The second kappa shape index (κ2) is 11.1. The molecule has 0 amide bonds. The molecule has 0 N–H and O–H groups in total. The fourth-order valence-electron chi connectivity index (χ4n) is 8.99. The monoisotopic (exact) mass is 678 g/mol. The van der Waals surface area contributed by atoms with E-state index in [1.165, 1.54) is 75.8 Å². The predicted molar refractivity (Wildman–Crippen MR) is 224 cm³/mol. The molecule has 11 rings (SSSR count). The van der Waals surface area contributed by atoms with E-state index in [4.69, 9.17) is 0 Å². The lowest BCUT2D eigenvalue weighted by molar-refractivity contribution is 0.592. The molecule has 0 heterocycles. The molecular formula is C50H31OP. The van der Waals surface area contributed by atoms with Crippen molar-refractivity contribution in [2.75, 3.05) is 0 Å². The van der Waals surface area contributed by atoms with Crippen molar-refractivity contribution in [3.8, 4) is 22.3 Å². The third kappa shape index (κ3) is 4.03. The molecule has 0 fully saturated rings. The summed E-state index contributed by atoms with van der Waals surface area (Å²) in [5.41, 5.74) is 4.75. The second-order valence-corrected chi connectivity index (χ2v) is 16.7. The summed E-state index contributed by atoms with van der Waals surface area (Å²) in [6, 6.07) is 66.5. The highest BCUT2D eigenvalue weighted by Gasteiger charge is 2.30. The van der Waals surface area contributed by atoms with Gasteiger partial charge in [-0.3, -0.25) is 0 Å². The molecule has 11 aromatic carbocycles. The molecule has 0 spiro atoms. The Balaban J connectivity index is 1.24. The lowest BCUT2D eigenvalue weighted by Gasteiger charge is -2.20. The van der Waals surface area contributed by atoms with Crippen LogP contribution < -0.4 is 15.9 Å². The maximum Gasteiger partial charge on any atom is 0.171 e. The highest BCUT2D eigenvalue weighted by atomic mass is 31.2. The molecule has 0 saturated heterocycles. The Morgan fingerprint density at radius 1 is 0.288 bits per heavy atom. The average molecular weight is 679 g/mol. The van der Waals surface area contributed by atoms with Crippen LogP contribution in [0.1, 0.15) is 0 Å². The lowest BCUT2D eigenvalue weighted by atomic mass is 9.88. The van der Waals surface area contributed by atoms with Gasteiger partial charge in [0.15, 0.2) is 7.14 Å². The van der Waals surface area contributed by atoms with Gasteiger partial charge in [-0.25, -0.2) is 0 Å². The first kappa shape index (κ1) is 29.5. The molecule has 52 heavy (non-hydrogen) atoms. The molecule has 0 atom stereocenters. The van der Waals surface area contributed by atoms with Crippen molar-refractivity contribution in [2.45, 2.75) is 0 Å². The first-order valence-corrected chi connectivity index (χ1v) is 19.6. The summed E-state index contributed by atoms with van der Waals surface area (Å²) in [7, 11) is -3.08. The highest BCUT2D eigenvalue weighted by Crippen LogP contribution is 2.54. The van der Waals surface area contributed by atoms with Crippen molar-refractivity contribution in [3.63, 3.8) is 0 Å². The van der Waals surface area contributed by atoms with Crippen LogP contribution in [0.2, 0.25) is 0 Å². The van der Waals surface area contributed by atoms with E-state index < -0.39 is 7.14 Å². The quantitative estimate of drug-likeness (QED) is 0.166. The van der Waals surface area contributed by atoms with Gasteiger partial charge in [-0.05, 0) is 99.0 Å². The topological polar surface area (TPSA) is 17.1 Å². The molecule has 0 radical (unpaired) electrons. The van der Waals surface area contributed by atoms with Crippen molar-refractivity contribution in [3.05, 3.63) is 188 Å². The van der Waals surface area contributed by atoms with Gasteiger partial charge in [0.1, 0.15) is 0 Å². The third-order valence-electron chi connectivity index (χ3n) is 11.2. The summed E-state index contributed by atoms with van der Waals surface area (Å²) in [4.78, 5) is 0. The molecule has 0 saturated carbocycles. The van der Waals surface area contributed by atoms with Gasteiger partial charge in [0.2, 0.25) is 0 Å². The fraction of sp³-hybridized carbons (Fsp3) is 0. The number of benzene rings is 9. The van der Waals surface area contributed by atoms with E-state index >= 15 is 4.57 Å². The van der Waals surface area contributed by atoms with Crippen LogP contribution in [0.5, 0.6) is 0 Å².